The Hall–Kier alpha value is -1.66. The second-order valence-corrected chi connectivity index (χ2v) is 8.56. The van der Waals surface area contributed by atoms with Gasteiger partial charge < -0.3 is 5.32 Å². The molecule has 1 fully saturated rings. The largest absolute Gasteiger partial charge is 0.353 e. The Kier molecular flexibility index (Phi) is 8.32. The van der Waals surface area contributed by atoms with Gasteiger partial charge in [0.05, 0.1) is 0 Å². The number of hydrogen-bond donors (Lipinski definition) is 2. The lowest BCUT2D eigenvalue weighted by Gasteiger charge is -2.20. The van der Waals surface area contributed by atoms with Gasteiger partial charge in [-0.2, -0.15) is 0 Å². The first-order chi connectivity index (χ1) is 12.5. The topological polar surface area (TPSA) is 75.3 Å². The second-order valence-electron chi connectivity index (χ2n) is 6.91. The van der Waals surface area contributed by atoms with Crippen LogP contribution < -0.4 is 10.0 Å². The van der Waals surface area contributed by atoms with Gasteiger partial charge in [0.25, 0.3) is 0 Å². The molecule has 144 valence electrons. The van der Waals surface area contributed by atoms with E-state index >= 15 is 0 Å². The van der Waals surface area contributed by atoms with E-state index in [-0.39, 0.29) is 24.9 Å². The Labute approximate surface area is 157 Å². The van der Waals surface area contributed by atoms with Gasteiger partial charge >= 0.3 is 0 Å². The summed E-state index contributed by atoms with van der Waals surface area (Å²) in [4.78, 5) is 12.1. The van der Waals surface area contributed by atoms with Crippen LogP contribution in [0.4, 0.5) is 0 Å². The van der Waals surface area contributed by atoms with Crippen molar-refractivity contribution in [3.63, 3.8) is 0 Å². The summed E-state index contributed by atoms with van der Waals surface area (Å²) in [5.41, 5.74) is 0.815. The number of rotatable bonds is 10. The van der Waals surface area contributed by atoms with Crippen molar-refractivity contribution < 1.29 is 13.2 Å². The van der Waals surface area contributed by atoms with Crippen molar-refractivity contribution in [3.8, 4) is 0 Å². The normalized spacial score (nSPS) is 20.5. The molecule has 6 heteroatoms. The van der Waals surface area contributed by atoms with Crippen molar-refractivity contribution >= 4 is 22.0 Å². The summed E-state index contributed by atoms with van der Waals surface area (Å²) < 4.78 is 26.4. The fourth-order valence-electron chi connectivity index (χ4n) is 3.40. The third-order valence-corrected chi connectivity index (χ3v) is 5.93. The van der Waals surface area contributed by atoms with Crippen LogP contribution in [0.1, 0.15) is 57.4 Å². The van der Waals surface area contributed by atoms with E-state index in [1.807, 2.05) is 30.3 Å². The van der Waals surface area contributed by atoms with E-state index in [4.69, 9.17) is 0 Å². The molecule has 2 N–H and O–H groups in total. The van der Waals surface area contributed by atoms with E-state index in [1.54, 1.807) is 6.08 Å². The highest BCUT2D eigenvalue weighted by atomic mass is 32.2. The summed E-state index contributed by atoms with van der Waals surface area (Å²) in [5, 5.41) is 4.23. The smallest absolute Gasteiger partial charge is 0.233 e. The molecule has 0 bridgehead atoms. The zero-order valence-corrected chi connectivity index (χ0v) is 16.3. The summed E-state index contributed by atoms with van der Waals surface area (Å²) in [5.74, 6) is 0.498. The van der Waals surface area contributed by atoms with Crippen LogP contribution in [0, 0.1) is 5.92 Å². The summed E-state index contributed by atoms with van der Waals surface area (Å²) >= 11 is 0. The third-order valence-electron chi connectivity index (χ3n) is 4.83. The highest BCUT2D eigenvalue weighted by molar-refractivity contribution is 7.92. The highest BCUT2D eigenvalue weighted by Crippen LogP contribution is 2.29. The van der Waals surface area contributed by atoms with Gasteiger partial charge in [-0.15, -0.1) is 0 Å². The minimum absolute atomic E-state index is 0.0758. The van der Waals surface area contributed by atoms with E-state index in [0.717, 1.165) is 23.8 Å². The molecule has 5 nitrogen and oxygen atoms in total. The average Bonchev–Trinajstić information content (AvgIpc) is 3.06. The molecule has 0 aromatic heterocycles. The number of amides is 1. The van der Waals surface area contributed by atoms with Gasteiger partial charge in [0, 0.05) is 24.4 Å². The molecule has 2 atom stereocenters. The van der Waals surface area contributed by atoms with E-state index < -0.39 is 10.0 Å². The molecule has 0 radical (unpaired) electrons. The number of unbranched alkanes of at least 4 members (excludes halogenated alkanes) is 1. The Balaban J connectivity index is 1.72. The lowest BCUT2D eigenvalue weighted by molar-refractivity contribution is -0.121. The number of hydrogen-bond acceptors (Lipinski definition) is 3. The minimum atomic E-state index is -3.54. The highest BCUT2D eigenvalue weighted by Gasteiger charge is 2.27. The zero-order chi connectivity index (χ0) is 18.8. The SMILES string of the molecule is CCCCC1CCCC1NC(=O)CCNS(=O)(=O)/C=C/c1ccccc1. The predicted octanol–water partition coefficient (Wildman–Crippen LogP) is 3.44. The minimum Gasteiger partial charge on any atom is -0.353 e. The molecule has 1 saturated carbocycles. The van der Waals surface area contributed by atoms with E-state index in [2.05, 4.69) is 17.0 Å². The lowest BCUT2D eigenvalue weighted by Crippen LogP contribution is -2.39. The van der Waals surface area contributed by atoms with Crippen LogP contribution in [0.3, 0.4) is 0 Å². The summed E-state index contributed by atoms with van der Waals surface area (Å²) in [6.07, 6.45) is 8.62. The fraction of sp³-hybridized carbons (Fsp3) is 0.550. The number of carbonyl (C=O) groups excluding carboxylic acids is 1. The van der Waals surface area contributed by atoms with Gasteiger partial charge in [-0.1, -0.05) is 56.5 Å². The molecule has 0 aliphatic heterocycles. The molecule has 1 amide bonds. The molecule has 1 aliphatic rings. The fourth-order valence-corrected chi connectivity index (χ4v) is 4.22. The molecule has 2 unspecified atom stereocenters. The van der Waals surface area contributed by atoms with Crippen molar-refractivity contribution in [1.29, 1.82) is 0 Å². The van der Waals surface area contributed by atoms with Crippen molar-refractivity contribution in [3.05, 3.63) is 41.3 Å². The van der Waals surface area contributed by atoms with E-state index in [9.17, 15) is 13.2 Å². The number of benzene rings is 1. The first-order valence-electron chi connectivity index (χ1n) is 9.52. The molecular weight excluding hydrogens is 348 g/mol. The van der Waals surface area contributed by atoms with Crippen LogP contribution >= 0.6 is 0 Å². The Morgan fingerprint density at radius 2 is 2.00 bits per heavy atom. The predicted molar refractivity (Wildman–Crippen MR) is 106 cm³/mol. The summed E-state index contributed by atoms with van der Waals surface area (Å²) in [7, 11) is -3.54. The maximum Gasteiger partial charge on any atom is 0.233 e. The number of sulfonamides is 1. The van der Waals surface area contributed by atoms with Crippen LogP contribution in [-0.2, 0) is 14.8 Å². The maximum absolute atomic E-state index is 12.1. The van der Waals surface area contributed by atoms with Gasteiger partial charge in [0.1, 0.15) is 0 Å². The lowest BCUT2D eigenvalue weighted by atomic mass is 9.97. The Morgan fingerprint density at radius 3 is 2.73 bits per heavy atom. The standard InChI is InChI=1S/C20H30N2O3S/c1-2-3-10-18-11-7-12-19(18)22-20(23)13-15-21-26(24,25)16-14-17-8-5-4-6-9-17/h4-6,8-9,14,16,18-19,21H,2-3,7,10-13,15H2,1H3,(H,22,23)/b16-14+. The van der Waals surface area contributed by atoms with Crippen molar-refractivity contribution in [2.24, 2.45) is 5.92 Å². The molecule has 0 saturated heterocycles. The van der Waals surface area contributed by atoms with E-state index in [0.29, 0.717) is 5.92 Å². The third kappa shape index (κ3) is 7.30. The quantitative estimate of drug-likeness (QED) is 0.655. The van der Waals surface area contributed by atoms with Gasteiger partial charge in [0.2, 0.25) is 15.9 Å². The van der Waals surface area contributed by atoms with Gasteiger partial charge in [-0.25, -0.2) is 13.1 Å². The molecule has 1 aromatic carbocycles. The van der Waals surface area contributed by atoms with Gasteiger partial charge in [-0.3, -0.25) is 4.79 Å². The van der Waals surface area contributed by atoms with Crippen LogP contribution in [-0.4, -0.2) is 26.9 Å². The monoisotopic (exact) mass is 378 g/mol. The Morgan fingerprint density at radius 1 is 1.23 bits per heavy atom. The van der Waals surface area contributed by atoms with Gasteiger partial charge in [-0.05, 0) is 36.8 Å². The molecule has 0 spiro atoms. The molecule has 26 heavy (non-hydrogen) atoms. The number of carbonyl (C=O) groups is 1. The molecular formula is C20H30N2O3S. The van der Waals surface area contributed by atoms with Crippen LogP contribution in [0.15, 0.2) is 35.7 Å². The number of nitrogens with one attached hydrogen (secondary N) is 2. The Bertz CT molecular complexity index is 686. The van der Waals surface area contributed by atoms with Crippen molar-refractivity contribution in [2.45, 2.75) is 57.9 Å². The second kappa shape index (κ2) is 10.5. The first-order valence-corrected chi connectivity index (χ1v) is 11.1. The maximum atomic E-state index is 12.1. The van der Waals surface area contributed by atoms with Gasteiger partial charge in [0.15, 0.2) is 0 Å². The summed E-state index contributed by atoms with van der Waals surface area (Å²) in [6.45, 7) is 2.29. The van der Waals surface area contributed by atoms with Crippen molar-refractivity contribution in [1.82, 2.24) is 10.0 Å². The first kappa shape index (κ1) is 20.6. The zero-order valence-electron chi connectivity index (χ0n) is 15.5. The molecule has 2 rings (SSSR count). The average molecular weight is 379 g/mol. The van der Waals surface area contributed by atoms with Crippen LogP contribution in [0.25, 0.3) is 6.08 Å². The molecule has 1 aromatic rings. The van der Waals surface area contributed by atoms with Crippen LogP contribution in [0.2, 0.25) is 0 Å². The van der Waals surface area contributed by atoms with E-state index in [1.165, 1.54) is 25.7 Å². The summed E-state index contributed by atoms with van der Waals surface area (Å²) in [6, 6.07) is 9.48. The molecule has 0 heterocycles. The van der Waals surface area contributed by atoms with Crippen LogP contribution in [0.5, 0.6) is 0 Å². The van der Waals surface area contributed by atoms with Crippen molar-refractivity contribution in [2.75, 3.05) is 6.54 Å². The molecule has 1 aliphatic carbocycles.